The molecule has 0 unspecified atom stereocenters. The molecule has 0 bridgehead atoms. The highest BCUT2D eigenvalue weighted by molar-refractivity contribution is 6.03. The molecule has 0 saturated heterocycles. The van der Waals surface area contributed by atoms with E-state index in [-0.39, 0.29) is 18.3 Å². The molecule has 1 heterocycles. The smallest absolute Gasteiger partial charge is 0.377 e. The van der Waals surface area contributed by atoms with Gasteiger partial charge in [0.1, 0.15) is 12.9 Å². The summed E-state index contributed by atoms with van der Waals surface area (Å²) in [7, 11) is 1.26. The number of methoxy groups -OCH3 is 1. The van der Waals surface area contributed by atoms with E-state index in [1.165, 1.54) is 18.1 Å². The van der Waals surface area contributed by atoms with E-state index in [2.05, 4.69) is 14.8 Å². The van der Waals surface area contributed by atoms with Crippen LogP contribution in [0.4, 0.5) is 5.69 Å². The van der Waals surface area contributed by atoms with Gasteiger partial charge < -0.3 is 9.64 Å². The van der Waals surface area contributed by atoms with Gasteiger partial charge in [-0.2, -0.15) is 0 Å². The third-order valence-corrected chi connectivity index (χ3v) is 3.88. The topological polar surface area (TPSA) is 77.3 Å². The van der Waals surface area contributed by atoms with Crippen molar-refractivity contribution in [2.75, 3.05) is 18.6 Å². The highest BCUT2D eigenvalue weighted by atomic mass is 16.5. The summed E-state index contributed by atoms with van der Waals surface area (Å²) in [6, 6.07) is 13.8. The second-order valence-corrected chi connectivity index (χ2v) is 5.39. The Bertz CT molecular complexity index is 914. The minimum Gasteiger partial charge on any atom is -0.463 e. The van der Waals surface area contributed by atoms with Gasteiger partial charge in [0.05, 0.1) is 12.8 Å². The van der Waals surface area contributed by atoms with Crippen molar-refractivity contribution < 1.29 is 14.3 Å². The molecule has 1 amide bonds. The van der Waals surface area contributed by atoms with Crippen LogP contribution in [-0.2, 0) is 16.1 Å². The standard InChI is InChI=1S/C18H18N4O3/c1-3-22(15-10-6-8-13-7-4-5-9-14(13)15)16(23)11-21-12-19-17(20-21)18(24)25-2/h4-10,12H,3,11H2,1-2H3. The fourth-order valence-electron chi connectivity index (χ4n) is 2.70. The van der Waals surface area contributed by atoms with Crippen LogP contribution in [-0.4, -0.2) is 40.3 Å². The fourth-order valence-corrected chi connectivity index (χ4v) is 2.70. The average molecular weight is 338 g/mol. The SMILES string of the molecule is CCN(C(=O)Cn1cnc(C(=O)OC)n1)c1cccc2ccccc12. The molecule has 128 valence electrons. The lowest BCUT2D eigenvalue weighted by Crippen LogP contribution is -2.34. The number of benzene rings is 2. The molecule has 0 fully saturated rings. The highest BCUT2D eigenvalue weighted by Crippen LogP contribution is 2.26. The molecule has 0 spiro atoms. The molecular formula is C18H18N4O3. The summed E-state index contributed by atoms with van der Waals surface area (Å²) in [5.74, 6) is -0.837. The number of ether oxygens (including phenoxy) is 1. The molecule has 0 aliphatic carbocycles. The lowest BCUT2D eigenvalue weighted by Gasteiger charge is -2.22. The summed E-state index contributed by atoms with van der Waals surface area (Å²) in [5.41, 5.74) is 0.846. The van der Waals surface area contributed by atoms with Crippen molar-refractivity contribution >= 4 is 28.3 Å². The van der Waals surface area contributed by atoms with E-state index in [0.29, 0.717) is 6.54 Å². The van der Waals surface area contributed by atoms with Crippen molar-refractivity contribution in [2.24, 2.45) is 0 Å². The highest BCUT2D eigenvalue weighted by Gasteiger charge is 2.18. The van der Waals surface area contributed by atoms with Crippen molar-refractivity contribution in [3.05, 3.63) is 54.6 Å². The monoisotopic (exact) mass is 338 g/mol. The molecule has 25 heavy (non-hydrogen) atoms. The minimum absolute atomic E-state index is 0.0128. The molecule has 7 nitrogen and oxygen atoms in total. The number of hydrogen-bond acceptors (Lipinski definition) is 5. The summed E-state index contributed by atoms with van der Waals surface area (Å²) in [6.45, 7) is 2.42. The quantitative estimate of drug-likeness (QED) is 0.667. The molecular weight excluding hydrogens is 320 g/mol. The summed E-state index contributed by atoms with van der Waals surface area (Å²) < 4.78 is 5.90. The number of carbonyl (C=O) groups is 2. The number of likely N-dealkylation sites (N-methyl/N-ethyl adjacent to an activating group) is 1. The number of aromatic nitrogens is 3. The Hall–Kier alpha value is -3.22. The summed E-state index contributed by atoms with van der Waals surface area (Å²) in [5, 5.41) is 6.05. The zero-order valence-corrected chi connectivity index (χ0v) is 14.0. The minimum atomic E-state index is -0.632. The van der Waals surface area contributed by atoms with Crippen LogP contribution in [0.5, 0.6) is 0 Å². The van der Waals surface area contributed by atoms with Crippen LogP contribution in [0.2, 0.25) is 0 Å². The van der Waals surface area contributed by atoms with Gasteiger partial charge in [-0.15, -0.1) is 5.10 Å². The van der Waals surface area contributed by atoms with Gasteiger partial charge in [0, 0.05) is 11.9 Å². The molecule has 0 atom stereocenters. The van der Waals surface area contributed by atoms with Gasteiger partial charge in [-0.05, 0) is 18.4 Å². The van der Waals surface area contributed by atoms with Crippen LogP contribution in [0.1, 0.15) is 17.5 Å². The van der Waals surface area contributed by atoms with Crippen LogP contribution >= 0.6 is 0 Å². The van der Waals surface area contributed by atoms with E-state index in [1.54, 1.807) is 4.90 Å². The number of nitrogens with zero attached hydrogens (tertiary/aromatic N) is 4. The molecule has 3 aromatic rings. The van der Waals surface area contributed by atoms with Crippen LogP contribution < -0.4 is 4.90 Å². The zero-order chi connectivity index (χ0) is 17.8. The van der Waals surface area contributed by atoms with Gasteiger partial charge in [0.2, 0.25) is 5.91 Å². The third kappa shape index (κ3) is 3.35. The fraction of sp³-hybridized carbons (Fsp3) is 0.222. The largest absolute Gasteiger partial charge is 0.463 e. The van der Waals surface area contributed by atoms with Crippen molar-refractivity contribution in [3.8, 4) is 0 Å². The average Bonchev–Trinajstić information content (AvgIpc) is 3.10. The van der Waals surface area contributed by atoms with Crippen LogP contribution in [0.15, 0.2) is 48.8 Å². The molecule has 0 saturated carbocycles. The van der Waals surface area contributed by atoms with Gasteiger partial charge in [-0.3, -0.25) is 4.79 Å². The normalized spacial score (nSPS) is 10.6. The zero-order valence-electron chi connectivity index (χ0n) is 14.0. The number of amides is 1. The number of hydrogen-bond donors (Lipinski definition) is 0. The number of rotatable bonds is 5. The van der Waals surface area contributed by atoms with E-state index < -0.39 is 5.97 Å². The number of fused-ring (bicyclic) bond motifs is 1. The predicted molar refractivity (Wildman–Crippen MR) is 93.3 cm³/mol. The van der Waals surface area contributed by atoms with E-state index >= 15 is 0 Å². The summed E-state index contributed by atoms with van der Waals surface area (Å²) >= 11 is 0. The maximum atomic E-state index is 12.8. The van der Waals surface area contributed by atoms with E-state index in [4.69, 9.17) is 0 Å². The molecule has 7 heteroatoms. The molecule has 0 aliphatic rings. The second-order valence-electron chi connectivity index (χ2n) is 5.39. The van der Waals surface area contributed by atoms with Crippen LogP contribution in [0.3, 0.4) is 0 Å². The van der Waals surface area contributed by atoms with Crippen molar-refractivity contribution in [1.29, 1.82) is 0 Å². The van der Waals surface area contributed by atoms with Gasteiger partial charge in [-0.25, -0.2) is 14.5 Å². The molecule has 0 aliphatic heterocycles. The summed E-state index contributed by atoms with van der Waals surface area (Å²) in [6.07, 6.45) is 1.35. The number of esters is 1. The molecule has 0 radical (unpaired) electrons. The second kappa shape index (κ2) is 7.12. The maximum absolute atomic E-state index is 12.8. The first kappa shape index (κ1) is 16.6. The van der Waals surface area contributed by atoms with E-state index in [1.807, 2.05) is 49.4 Å². The van der Waals surface area contributed by atoms with Crippen LogP contribution in [0.25, 0.3) is 10.8 Å². The Labute approximate surface area is 144 Å². The Morgan fingerprint density at radius 2 is 1.92 bits per heavy atom. The third-order valence-electron chi connectivity index (χ3n) is 3.88. The Balaban J connectivity index is 1.86. The van der Waals surface area contributed by atoms with Gasteiger partial charge in [0.15, 0.2) is 0 Å². The van der Waals surface area contributed by atoms with E-state index in [9.17, 15) is 9.59 Å². The maximum Gasteiger partial charge on any atom is 0.377 e. The predicted octanol–water partition coefficient (Wildman–Crippen LogP) is 2.27. The lowest BCUT2D eigenvalue weighted by molar-refractivity contribution is -0.119. The van der Waals surface area contributed by atoms with Gasteiger partial charge >= 0.3 is 5.97 Å². The first-order valence-electron chi connectivity index (χ1n) is 7.90. The van der Waals surface area contributed by atoms with Crippen LogP contribution in [0, 0.1) is 0 Å². The molecule has 0 N–H and O–H groups in total. The van der Waals surface area contributed by atoms with Crippen molar-refractivity contribution in [1.82, 2.24) is 14.8 Å². The molecule has 3 rings (SSSR count). The number of anilines is 1. The summed E-state index contributed by atoms with van der Waals surface area (Å²) in [4.78, 5) is 29.7. The molecule has 2 aromatic carbocycles. The van der Waals surface area contributed by atoms with Crippen molar-refractivity contribution in [2.45, 2.75) is 13.5 Å². The first-order chi connectivity index (χ1) is 12.1. The molecule has 1 aromatic heterocycles. The van der Waals surface area contributed by atoms with Gasteiger partial charge in [-0.1, -0.05) is 36.4 Å². The first-order valence-corrected chi connectivity index (χ1v) is 7.90. The Morgan fingerprint density at radius 1 is 1.16 bits per heavy atom. The Morgan fingerprint density at radius 3 is 2.68 bits per heavy atom. The number of carbonyl (C=O) groups excluding carboxylic acids is 2. The lowest BCUT2D eigenvalue weighted by atomic mass is 10.1. The van der Waals surface area contributed by atoms with Gasteiger partial charge in [0.25, 0.3) is 5.82 Å². The van der Waals surface area contributed by atoms with Crippen molar-refractivity contribution in [3.63, 3.8) is 0 Å². The van der Waals surface area contributed by atoms with E-state index in [0.717, 1.165) is 16.5 Å². The Kier molecular flexibility index (Phi) is 4.74.